The molecule has 0 N–H and O–H groups in total. The third-order valence-electron chi connectivity index (χ3n) is 12.4. The molecule has 62 heavy (non-hydrogen) atoms. The minimum absolute atomic E-state index is 0.518. The Balaban J connectivity index is 1.02. The van der Waals surface area contributed by atoms with Gasteiger partial charge in [-0.1, -0.05) is 188 Å². The maximum Gasteiger partial charge on any atom is 0.164 e. The van der Waals surface area contributed by atoms with Gasteiger partial charge in [-0.2, -0.15) is 5.26 Å². The van der Waals surface area contributed by atoms with Crippen molar-refractivity contribution in [3.05, 3.63) is 234 Å². The molecular weight excluding hydrogens is 773 g/mol. The van der Waals surface area contributed by atoms with Crippen LogP contribution in [-0.2, 0) is 5.41 Å². The van der Waals surface area contributed by atoms with E-state index in [1.807, 2.05) is 96.7 Å². The van der Waals surface area contributed by atoms with Crippen molar-refractivity contribution in [2.24, 2.45) is 0 Å². The number of benzene rings is 9. The minimum atomic E-state index is -0.518. The molecule has 0 bridgehead atoms. The number of nitriles is 1. The molecule has 4 nitrogen and oxygen atoms in total. The van der Waals surface area contributed by atoms with Crippen molar-refractivity contribution in [3.63, 3.8) is 0 Å². The number of hydrogen-bond donors (Lipinski definition) is 0. The first-order chi connectivity index (χ1) is 30.7. The van der Waals surface area contributed by atoms with Gasteiger partial charge in [0.25, 0.3) is 0 Å². The lowest BCUT2D eigenvalue weighted by molar-refractivity contribution is 0.723. The van der Waals surface area contributed by atoms with E-state index in [0.717, 1.165) is 49.7 Å². The van der Waals surface area contributed by atoms with Gasteiger partial charge in [0, 0.05) is 26.5 Å². The molecule has 1 aromatic heterocycles. The van der Waals surface area contributed by atoms with Crippen molar-refractivity contribution in [2.45, 2.75) is 15.2 Å². The second-order valence-corrected chi connectivity index (χ2v) is 16.9. The highest BCUT2D eigenvalue weighted by Gasteiger charge is 2.50. The van der Waals surface area contributed by atoms with Crippen molar-refractivity contribution >= 4 is 22.5 Å². The second-order valence-electron chi connectivity index (χ2n) is 15.8. The van der Waals surface area contributed by atoms with Gasteiger partial charge in [0.05, 0.1) is 17.0 Å². The smallest absolute Gasteiger partial charge is 0.164 e. The molecule has 1 aliphatic carbocycles. The number of rotatable bonds is 5. The van der Waals surface area contributed by atoms with Crippen molar-refractivity contribution in [2.75, 3.05) is 0 Å². The van der Waals surface area contributed by atoms with E-state index in [1.165, 1.54) is 43.2 Å². The van der Waals surface area contributed by atoms with Gasteiger partial charge in [0.1, 0.15) is 0 Å². The molecule has 0 fully saturated rings. The molecule has 0 amide bonds. The zero-order valence-corrected chi connectivity index (χ0v) is 34.1. The predicted octanol–water partition coefficient (Wildman–Crippen LogP) is 14.1. The molecule has 10 aromatic rings. The van der Waals surface area contributed by atoms with E-state index < -0.39 is 5.41 Å². The van der Waals surface area contributed by atoms with Crippen LogP contribution in [0.1, 0.15) is 27.8 Å². The van der Waals surface area contributed by atoms with Gasteiger partial charge in [0.2, 0.25) is 0 Å². The van der Waals surface area contributed by atoms with Crippen LogP contribution < -0.4 is 0 Å². The largest absolute Gasteiger partial charge is 0.208 e. The van der Waals surface area contributed by atoms with Crippen LogP contribution in [0, 0.1) is 11.3 Å². The molecule has 2 aliphatic rings. The SMILES string of the molecule is N#Cc1cc(-c2ccc3c(c2)Sc2cc(-c4cccc(-c5nc(-c6ccccc6)nc(-c6ccccc6)n5)c4)ccc2C32c3ccccc3-c3ccccc32)cc2ccccc12. The standard InChI is InChI=1S/C57H34N4S/c58-35-44-32-43(31-41-18-7-8-21-45(41)44)40-27-29-51-53(34-40)62-52-33-39(26-28-50(52)57(51)48-24-11-9-22-46(48)47-23-10-12-25-49(47)57)38-19-13-20-42(30-38)56-60-54(36-14-3-1-4-15-36)59-55(61-56)37-16-5-2-6-17-37/h1-34H. The first-order valence-corrected chi connectivity index (χ1v) is 21.5. The summed E-state index contributed by atoms with van der Waals surface area (Å²) in [7, 11) is 0. The molecule has 0 saturated carbocycles. The van der Waals surface area contributed by atoms with Crippen LogP contribution in [0.5, 0.6) is 0 Å². The van der Waals surface area contributed by atoms with Crippen molar-refractivity contribution in [3.8, 4) is 73.6 Å². The summed E-state index contributed by atoms with van der Waals surface area (Å²) in [6, 6.07) is 75.3. The maximum atomic E-state index is 10.2. The van der Waals surface area contributed by atoms with E-state index in [9.17, 15) is 5.26 Å². The topological polar surface area (TPSA) is 62.5 Å². The Labute approximate surface area is 363 Å². The molecule has 288 valence electrons. The monoisotopic (exact) mass is 806 g/mol. The summed E-state index contributed by atoms with van der Waals surface area (Å²) in [5.41, 5.74) is 14.9. The van der Waals surface area contributed by atoms with Gasteiger partial charge in [-0.25, -0.2) is 15.0 Å². The van der Waals surface area contributed by atoms with Crippen LogP contribution in [0.15, 0.2) is 216 Å². The van der Waals surface area contributed by atoms with Crippen LogP contribution >= 0.6 is 11.8 Å². The molecule has 1 aliphatic heterocycles. The van der Waals surface area contributed by atoms with Crippen LogP contribution in [0.25, 0.3) is 78.3 Å². The van der Waals surface area contributed by atoms with Crippen LogP contribution in [0.4, 0.5) is 0 Å². The van der Waals surface area contributed by atoms with E-state index in [-0.39, 0.29) is 0 Å². The summed E-state index contributed by atoms with van der Waals surface area (Å²) in [4.78, 5) is 17.4. The normalized spacial score (nSPS) is 12.9. The minimum Gasteiger partial charge on any atom is -0.208 e. The molecule has 0 saturated heterocycles. The third-order valence-corrected chi connectivity index (χ3v) is 13.5. The Morgan fingerprint density at radius 1 is 0.371 bits per heavy atom. The summed E-state index contributed by atoms with van der Waals surface area (Å²) < 4.78 is 0. The number of hydrogen-bond acceptors (Lipinski definition) is 5. The predicted molar refractivity (Wildman–Crippen MR) is 251 cm³/mol. The van der Waals surface area contributed by atoms with Crippen molar-refractivity contribution in [1.82, 2.24) is 15.0 Å². The van der Waals surface area contributed by atoms with E-state index >= 15 is 0 Å². The maximum absolute atomic E-state index is 10.2. The fraction of sp³-hybridized carbons (Fsp3) is 0.0175. The number of aromatic nitrogens is 3. The van der Waals surface area contributed by atoms with Crippen LogP contribution in [0.3, 0.4) is 0 Å². The lowest BCUT2D eigenvalue weighted by atomic mass is 9.67. The Morgan fingerprint density at radius 2 is 0.855 bits per heavy atom. The summed E-state index contributed by atoms with van der Waals surface area (Å²) in [5, 5.41) is 12.2. The highest BCUT2D eigenvalue weighted by molar-refractivity contribution is 7.99. The highest BCUT2D eigenvalue weighted by Crippen LogP contribution is 2.62. The van der Waals surface area contributed by atoms with Crippen LogP contribution in [0.2, 0.25) is 0 Å². The Bertz CT molecular complexity index is 3360. The van der Waals surface area contributed by atoms with E-state index in [2.05, 4.69) is 127 Å². The lowest BCUT2D eigenvalue weighted by Crippen LogP contribution is -2.32. The molecular formula is C57H34N4S. The molecule has 5 heteroatoms. The molecule has 0 radical (unpaired) electrons. The molecule has 9 aromatic carbocycles. The fourth-order valence-corrected chi connectivity index (χ4v) is 10.9. The summed E-state index contributed by atoms with van der Waals surface area (Å²) in [6.45, 7) is 0. The van der Waals surface area contributed by atoms with Gasteiger partial charge in [-0.3, -0.25) is 0 Å². The highest BCUT2D eigenvalue weighted by atomic mass is 32.2. The fourth-order valence-electron chi connectivity index (χ4n) is 9.62. The van der Waals surface area contributed by atoms with Gasteiger partial charge in [-0.15, -0.1) is 0 Å². The lowest BCUT2D eigenvalue weighted by Gasteiger charge is -2.40. The molecule has 0 unspecified atom stereocenters. The molecule has 2 heterocycles. The zero-order valence-electron chi connectivity index (χ0n) is 33.3. The zero-order chi connectivity index (χ0) is 41.2. The quantitative estimate of drug-likeness (QED) is 0.173. The van der Waals surface area contributed by atoms with Crippen molar-refractivity contribution < 1.29 is 0 Å². The molecule has 1 spiro atoms. The second kappa shape index (κ2) is 14.4. The Hall–Kier alpha value is -7.91. The average molecular weight is 807 g/mol. The van der Waals surface area contributed by atoms with Gasteiger partial charge >= 0.3 is 0 Å². The van der Waals surface area contributed by atoms with E-state index in [4.69, 9.17) is 15.0 Å². The Kier molecular flexibility index (Phi) is 8.35. The Morgan fingerprint density at radius 3 is 1.47 bits per heavy atom. The number of nitrogens with zero attached hydrogens (tertiary/aromatic N) is 4. The summed E-state index contributed by atoms with van der Waals surface area (Å²) in [5.74, 6) is 1.90. The summed E-state index contributed by atoms with van der Waals surface area (Å²) >= 11 is 1.83. The number of fused-ring (bicyclic) bond motifs is 10. The molecule has 0 atom stereocenters. The first kappa shape index (κ1) is 36.0. The van der Waals surface area contributed by atoms with E-state index in [1.54, 1.807) is 0 Å². The van der Waals surface area contributed by atoms with Gasteiger partial charge < -0.3 is 0 Å². The average Bonchev–Trinajstić information content (AvgIpc) is 3.64. The van der Waals surface area contributed by atoms with E-state index in [0.29, 0.717) is 23.0 Å². The third kappa shape index (κ3) is 5.65. The van der Waals surface area contributed by atoms with Gasteiger partial charge in [0.15, 0.2) is 17.5 Å². The van der Waals surface area contributed by atoms with Crippen molar-refractivity contribution in [1.29, 1.82) is 5.26 Å². The van der Waals surface area contributed by atoms with Gasteiger partial charge in [-0.05, 0) is 96.7 Å². The molecule has 12 rings (SSSR count). The first-order valence-electron chi connectivity index (χ1n) is 20.7. The van der Waals surface area contributed by atoms with Crippen LogP contribution in [-0.4, -0.2) is 15.0 Å². The summed E-state index contributed by atoms with van der Waals surface area (Å²) in [6.07, 6.45) is 0.